The number of ketones is 1. The van der Waals surface area contributed by atoms with Gasteiger partial charge in [0.25, 0.3) is 17.6 Å². The van der Waals surface area contributed by atoms with E-state index in [9.17, 15) is 14.4 Å². The smallest absolute Gasteiger partial charge is 0.296 e. The molecule has 1 aliphatic rings. The van der Waals surface area contributed by atoms with E-state index in [4.69, 9.17) is 5.21 Å². The molecule has 0 radical (unpaired) electrons. The van der Waals surface area contributed by atoms with Gasteiger partial charge in [-0.05, 0) is 56.1 Å². The van der Waals surface area contributed by atoms with E-state index in [1.165, 1.54) is 0 Å². The summed E-state index contributed by atoms with van der Waals surface area (Å²) in [5.74, 6) is -1.50. The second-order valence-electron chi connectivity index (χ2n) is 4.66. The molecule has 0 bridgehead atoms. The molecule has 0 aliphatic carbocycles. The molecule has 1 aliphatic heterocycles. The number of oxime groups is 1. The average Bonchev–Trinajstić information content (AvgIpc) is 2.87. The number of para-hydroxylation sites is 2. The predicted octanol–water partition coefficient (Wildman–Crippen LogP) is 3.43. The molecule has 3 N–H and O–H groups in total. The molecule has 128 valence electrons. The highest BCUT2D eigenvalue weighted by atomic mass is 79.9. The molecule has 9 heteroatoms. The zero-order chi connectivity index (χ0) is 18.4. The molecule has 7 nitrogen and oxygen atoms in total. The molecule has 0 unspecified atom stereocenters. The number of hydrogen-bond acceptors (Lipinski definition) is 5. The SMILES string of the molecule is O=C(C=NO)Nc1ccccc1Br.O=C1Nc2c(Br)cccc2C1=O. The van der Waals surface area contributed by atoms with Gasteiger partial charge in [-0.25, -0.2) is 0 Å². The quantitative estimate of drug-likeness (QED) is 0.271. The van der Waals surface area contributed by atoms with Gasteiger partial charge in [0.15, 0.2) is 0 Å². The summed E-state index contributed by atoms with van der Waals surface area (Å²) < 4.78 is 1.51. The number of benzene rings is 2. The average molecular weight is 469 g/mol. The fraction of sp³-hybridized carbons (Fsp3) is 0. The van der Waals surface area contributed by atoms with Crippen molar-refractivity contribution in [2.75, 3.05) is 10.6 Å². The first-order chi connectivity index (χ1) is 11.9. The Morgan fingerprint density at radius 2 is 1.76 bits per heavy atom. The highest BCUT2D eigenvalue weighted by molar-refractivity contribution is 9.11. The number of hydrogen-bond donors (Lipinski definition) is 3. The lowest BCUT2D eigenvalue weighted by molar-refractivity contribution is -0.112. The molecule has 0 saturated carbocycles. The van der Waals surface area contributed by atoms with Crippen molar-refractivity contribution in [3.63, 3.8) is 0 Å². The molecule has 0 atom stereocenters. The van der Waals surface area contributed by atoms with Gasteiger partial charge in [-0.2, -0.15) is 0 Å². The van der Waals surface area contributed by atoms with E-state index in [0.29, 0.717) is 16.9 Å². The van der Waals surface area contributed by atoms with Crippen molar-refractivity contribution in [2.45, 2.75) is 0 Å². The van der Waals surface area contributed by atoms with Crippen molar-refractivity contribution in [1.82, 2.24) is 0 Å². The summed E-state index contributed by atoms with van der Waals surface area (Å²) >= 11 is 6.49. The molecule has 1 heterocycles. The van der Waals surface area contributed by atoms with Crippen LogP contribution in [0.1, 0.15) is 10.4 Å². The van der Waals surface area contributed by atoms with Crippen LogP contribution in [0, 0.1) is 0 Å². The number of carbonyl (C=O) groups excluding carboxylic acids is 3. The number of nitrogens with one attached hydrogen (secondary N) is 2. The summed E-state index contributed by atoms with van der Waals surface area (Å²) in [4.78, 5) is 32.9. The number of halogens is 2. The molecule has 0 aromatic heterocycles. The first kappa shape index (κ1) is 18.8. The minimum Gasteiger partial charge on any atom is -0.411 e. The number of amides is 2. The summed E-state index contributed by atoms with van der Waals surface area (Å²) in [7, 11) is 0. The van der Waals surface area contributed by atoms with Crippen LogP contribution in [0.5, 0.6) is 0 Å². The molecule has 2 amide bonds. The summed E-state index contributed by atoms with van der Waals surface area (Å²) in [6.07, 6.45) is 0.791. The number of carbonyl (C=O) groups is 3. The Bertz CT molecular complexity index is 868. The Labute approximate surface area is 159 Å². The van der Waals surface area contributed by atoms with Gasteiger partial charge in [0, 0.05) is 8.95 Å². The van der Waals surface area contributed by atoms with E-state index in [1.807, 2.05) is 6.07 Å². The van der Waals surface area contributed by atoms with Crippen LogP contribution in [0.3, 0.4) is 0 Å². The third-order valence-corrected chi connectivity index (χ3v) is 4.36. The van der Waals surface area contributed by atoms with Gasteiger partial charge < -0.3 is 15.8 Å². The maximum atomic E-state index is 11.1. The number of Topliss-reactive ketones (excluding diaryl/α,β-unsaturated/α-hetero) is 1. The van der Waals surface area contributed by atoms with Gasteiger partial charge in [0.2, 0.25) is 0 Å². The Hall–Kier alpha value is -2.52. The van der Waals surface area contributed by atoms with Crippen LogP contribution in [-0.4, -0.2) is 29.0 Å². The molecule has 0 saturated heterocycles. The van der Waals surface area contributed by atoms with E-state index in [2.05, 4.69) is 47.6 Å². The first-order valence-corrected chi connectivity index (χ1v) is 8.39. The van der Waals surface area contributed by atoms with Crippen molar-refractivity contribution >= 4 is 67.0 Å². The maximum Gasteiger partial charge on any atom is 0.296 e. The molecular weight excluding hydrogens is 458 g/mol. The van der Waals surface area contributed by atoms with Crippen molar-refractivity contribution in [3.05, 3.63) is 57.0 Å². The summed E-state index contributed by atoms with van der Waals surface area (Å²) in [6.45, 7) is 0. The van der Waals surface area contributed by atoms with Crippen LogP contribution in [0.2, 0.25) is 0 Å². The zero-order valence-electron chi connectivity index (χ0n) is 12.5. The molecule has 0 spiro atoms. The first-order valence-electron chi connectivity index (χ1n) is 6.81. The van der Waals surface area contributed by atoms with Crippen LogP contribution in [0.4, 0.5) is 11.4 Å². The fourth-order valence-electron chi connectivity index (χ4n) is 1.91. The Balaban J connectivity index is 0.000000181. The lowest BCUT2D eigenvalue weighted by Crippen LogP contribution is -2.12. The second kappa shape index (κ2) is 8.54. The van der Waals surface area contributed by atoms with Crippen molar-refractivity contribution in [2.24, 2.45) is 5.16 Å². The molecule has 3 rings (SSSR count). The summed E-state index contributed by atoms with van der Waals surface area (Å²) in [5.41, 5.74) is 1.65. The number of anilines is 2. The van der Waals surface area contributed by atoms with E-state index in [-0.39, 0.29) is 0 Å². The summed E-state index contributed by atoms with van der Waals surface area (Å²) in [5, 5.41) is 15.7. The van der Waals surface area contributed by atoms with Gasteiger partial charge >= 0.3 is 0 Å². The minimum absolute atomic E-state index is 0.439. The predicted molar refractivity (Wildman–Crippen MR) is 100 cm³/mol. The number of fused-ring (bicyclic) bond motifs is 1. The standard InChI is InChI=1S/C8H7BrN2O2.C8H4BrNO2/c9-6-3-1-2-4-7(6)11-8(12)5-10-13;9-5-3-1-2-4-6(5)10-8(12)7(4)11/h1-5,13H,(H,11,12);1-3H,(H,10,11,12). The normalized spacial score (nSPS) is 12.2. The molecule has 0 fully saturated rings. The van der Waals surface area contributed by atoms with Crippen molar-refractivity contribution in [1.29, 1.82) is 0 Å². The topological polar surface area (TPSA) is 108 Å². The van der Waals surface area contributed by atoms with Gasteiger partial charge in [-0.3, -0.25) is 14.4 Å². The maximum absolute atomic E-state index is 11.1. The van der Waals surface area contributed by atoms with Crippen molar-refractivity contribution in [3.8, 4) is 0 Å². The van der Waals surface area contributed by atoms with E-state index in [0.717, 1.165) is 15.2 Å². The monoisotopic (exact) mass is 467 g/mol. The van der Waals surface area contributed by atoms with Crippen LogP contribution in [0.25, 0.3) is 0 Å². The highest BCUT2D eigenvalue weighted by Crippen LogP contribution is 2.30. The molecule has 2 aromatic carbocycles. The minimum atomic E-state index is -0.558. The number of nitrogens with zero attached hydrogens (tertiary/aromatic N) is 1. The zero-order valence-corrected chi connectivity index (χ0v) is 15.7. The lowest BCUT2D eigenvalue weighted by Gasteiger charge is -2.02. The molecule has 2 aromatic rings. The van der Waals surface area contributed by atoms with Crippen LogP contribution in [0.15, 0.2) is 56.6 Å². The summed E-state index contributed by atoms with van der Waals surface area (Å²) in [6, 6.07) is 12.3. The fourth-order valence-corrected chi connectivity index (χ4v) is 2.76. The van der Waals surface area contributed by atoms with Gasteiger partial charge in [-0.15, -0.1) is 0 Å². The van der Waals surface area contributed by atoms with E-state index in [1.54, 1.807) is 36.4 Å². The van der Waals surface area contributed by atoms with Gasteiger partial charge in [0.05, 0.1) is 16.9 Å². The van der Waals surface area contributed by atoms with Gasteiger partial charge in [-0.1, -0.05) is 23.4 Å². The van der Waals surface area contributed by atoms with Crippen LogP contribution in [-0.2, 0) is 9.59 Å². The third-order valence-electron chi connectivity index (χ3n) is 3.01. The van der Waals surface area contributed by atoms with Crippen molar-refractivity contribution < 1.29 is 19.6 Å². The second-order valence-corrected chi connectivity index (χ2v) is 6.37. The van der Waals surface area contributed by atoms with E-state index < -0.39 is 17.6 Å². The largest absolute Gasteiger partial charge is 0.411 e. The van der Waals surface area contributed by atoms with Crippen LogP contribution < -0.4 is 10.6 Å². The van der Waals surface area contributed by atoms with Gasteiger partial charge in [0.1, 0.15) is 6.21 Å². The third kappa shape index (κ3) is 4.74. The van der Waals surface area contributed by atoms with Crippen LogP contribution >= 0.6 is 31.9 Å². The Morgan fingerprint density at radius 3 is 2.40 bits per heavy atom. The Morgan fingerprint density at radius 1 is 1.08 bits per heavy atom. The number of rotatable bonds is 2. The highest BCUT2D eigenvalue weighted by Gasteiger charge is 2.28. The lowest BCUT2D eigenvalue weighted by atomic mass is 10.1. The molecule has 25 heavy (non-hydrogen) atoms. The molecular formula is C16H11Br2N3O4. The van der Waals surface area contributed by atoms with E-state index >= 15 is 0 Å². The Kier molecular flexibility index (Phi) is 6.43.